The zero-order valence-corrected chi connectivity index (χ0v) is 9.49. The number of morpholine rings is 1. The van der Waals surface area contributed by atoms with Gasteiger partial charge in [0.1, 0.15) is 0 Å². The van der Waals surface area contributed by atoms with Crippen LogP contribution in [0.15, 0.2) is 29.4 Å². The molecule has 1 aromatic rings. The van der Waals surface area contributed by atoms with Crippen LogP contribution in [0.3, 0.4) is 0 Å². The van der Waals surface area contributed by atoms with Crippen LogP contribution in [0.1, 0.15) is 12.0 Å². The standard InChI is InChI=1S/C12H14N4O/c13-15-14-10-3-1-9(2-4-10)6-16-7-12-5-11(16)8-17-12/h1-4,11-12H,5-8H2/t11-,12-/m0/s1. The monoisotopic (exact) mass is 230 g/mol. The minimum atomic E-state index is 0.447. The van der Waals surface area contributed by atoms with Crippen LogP contribution in [0.4, 0.5) is 5.69 Å². The summed E-state index contributed by atoms with van der Waals surface area (Å²) in [6.07, 6.45) is 1.62. The molecule has 0 aromatic heterocycles. The lowest BCUT2D eigenvalue weighted by Gasteiger charge is -2.26. The maximum Gasteiger partial charge on any atom is 0.0718 e. The molecule has 0 spiro atoms. The summed E-state index contributed by atoms with van der Waals surface area (Å²) in [4.78, 5) is 5.24. The Morgan fingerprint density at radius 1 is 1.41 bits per heavy atom. The van der Waals surface area contributed by atoms with Crippen LogP contribution in [-0.2, 0) is 11.3 Å². The van der Waals surface area contributed by atoms with E-state index in [9.17, 15) is 0 Å². The molecule has 2 fully saturated rings. The molecule has 0 radical (unpaired) electrons. The smallest absolute Gasteiger partial charge is 0.0718 e. The maximum atomic E-state index is 8.33. The molecule has 0 aliphatic carbocycles. The number of fused-ring (bicyclic) bond motifs is 2. The van der Waals surface area contributed by atoms with E-state index in [-0.39, 0.29) is 0 Å². The summed E-state index contributed by atoms with van der Waals surface area (Å²) in [6, 6.07) is 8.37. The molecule has 0 saturated carbocycles. The van der Waals surface area contributed by atoms with Crippen LogP contribution in [0.5, 0.6) is 0 Å². The Morgan fingerprint density at radius 3 is 2.82 bits per heavy atom. The zero-order valence-electron chi connectivity index (χ0n) is 9.49. The number of ether oxygens (including phenoxy) is 1. The second kappa shape index (κ2) is 4.37. The molecule has 88 valence electrons. The van der Waals surface area contributed by atoms with Crippen molar-refractivity contribution in [1.29, 1.82) is 0 Å². The van der Waals surface area contributed by atoms with Crippen LogP contribution in [0, 0.1) is 0 Å². The number of rotatable bonds is 3. The quantitative estimate of drug-likeness (QED) is 0.455. The first-order valence-electron chi connectivity index (χ1n) is 5.85. The molecule has 2 aliphatic heterocycles. The van der Waals surface area contributed by atoms with Gasteiger partial charge in [0.2, 0.25) is 0 Å². The largest absolute Gasteiger partial charge is 0.375 e. The van der Waals surface area contributed by atoms with Gasteiger partial charge in [0, 0.05) is 29.7 Å². The average Bonchev–Trinajstić information content (AvgIpc) is 2.94. The number of hydrogen-bond donors (Lipinski definition) is 0. The minimum absolute atomic E-state index is 0.447. The molecule has 0 unspecified atom stereocenters. The van der Waals surface area contributed by atoms with Gasteiger partial charge in [-0.25, -0.2) is 0 Å². The third-order valence-electron chi connectivity index (χ3n) is 3.50. The highest BCUT2D eigenvalue weighted by atomic mass is 16.5. The van der Waals surface area contributed by atoms with Crippen LogP contribution in [-0.4, -0.2) is 30.2 Å². The second-order valence-electron chi connectivity index (χ2n) is 4.63. The molecule has 2 aliphatic rings. The Hall–Kier alpha value is -1.55. The zero-order chi connectivity index (χ0) is 11.7. The van der Waals surface area contributed by atoms with Gasteiger partial charge in [0.15, 0.2) is 0 Å². The Labute approximate surface area is 99.6 Å². The number of benzene rings is 1. The van der Waals surface area contributed by atoms with Crippen molar-refractivity contribution < 1.29 is 4.74 Å². The molecular formula is C12H14N4O. The summed E-state index contributed by atoms with van der Waals surface area (Å²) < 4.78 is 5.57. The fourth-order valence-electron chi connectivity index (χ4n) is 2.63. The number of azide groups is 1. The van der Waals surface area contributed by atoms with E-state index in [0.717, 1.165) is 19.7 Å². The topological polar surface area (TPSA) is 61.2 Å². The maximum absolute atomic E-state index is 8.33. The molecule has 5 nitrogen and oxygen atoms in total. The van der Waals surface area contributed by atoms with Crippen molar-refractivity contribution >= 4 is 5.69 Å². The van der Waals surface area contributed by atoms with Gasteiger partial charge in [-0.3, -0.25) is 4.90 Å². The van der Waals surface area contributed by atoms with Crippen LogP contribution in [0.25, 0.3) is 10.4 Å². The van der Waals surface area contributed by atoms with Crippen LogP contribution in [0.2, 0.25) is 0 Å². The normalized spacial score (nSPS) is 27.1. The van der Waals surface area contributed by atoms with Gasteiger partial charge in [-0.2, -0.15) is 0 Å². The van der Waals surface area contributed by atoms with E-state index >= 15 is 0 Å². The summed E-state index contributed by atoms with van der Waals surface area (Å²) in [6.45, 7) is 2.88. The highest BCUT2D eigenvalue weighted by Crippen LogP contribution is 2.29. The number of likely N-dealkylation sites (tertiary alicyclic amines) is 1. The van der Waals surface area contributed by atoms with Gasteiger partial charge in [-0.05, 0) is 17.5 Å². The fourth-order valence-corrected chi connectivity index (χ4v) is 2.63. The highest BCUT2D eigenvalue weighted by molar-refractivity contribution is 5.38. The van der Waals surface area contributed by atoms with Gasteiger partial charge < -0.3 is 4.74 Å². The molecule has 1 aromatic carbocycles. The third-order valence-corrected chi connectivity index (χ3v) is 3.50. The lowest BCUT2D eigenvalue weighted by atomic mass is 10.2. The van der Waals surface area contributed by atoms with Crippen molar-refractivity contribution in [1.82, 2.24) is 4.90 Å². The molecule has 2 atom stereocenters. The second-order valence-corrected chi connectivity index (χ2v) is 4.63. The summed E-state index contributed by atoms with van der Waals surface area (Å²) in [5.41, 5.74) is 10.3. The van der Waals surface area contributed by atoms with E-state index in [2.05, 4.69) is 14.9 Å². The number of nitrogens with zero attached hydrogens (tertiary/aromatic N) is 4. The van der Waals surface area contributed by atoms with E-state index in [1.54, 1.807) is 0 Å². The van der Waals surface area contributed by atoms with Crippen molar-refractivity contribution in [2.24, 2.45) is 5.11 Å². The molecular weight excluding hydrogens is 216 g/mol. The van der Waals surface area contributed by atoms with Crippen molar-refractivity contribution in [3.63, 3.8) is 0 Å². The van der Waals surface area contributed by atoms with E-state index in [1.807, 2.05) is 24.3 Å². The van der Waals surface area contributed by atoms with E-state index < -0.39 is 0 Å². The Morgan fingerprint density at radius 2 is 2.24 bits per heavy atom. The first-order valence-corrected chi connectivity index (χ1v) is 5.85. The van der Waals surface area contributed by atoms with E-state index in [1.165, 1.54) is 12.0 Å². The Bertz CT molecular complexity index is 452. The Balaban J connectivity index is 1.67. The minimum Gasteiger partial charge on any atom is -0.375 e. The summed E-state index contributed by atoms with van der Waals surface area (Å²) in [5.74, 6) is 0. The highest BCUT2D eigenvalue weighted by Gasteiger charge is 2.38. The molecule has 3 rings (SSSR count). The molecule has 5 heteroatoms. The molecule has 0 amide bonds. The summed E-state index contributed by atoms with van der Waals surface area (Å²) >= 11 is 0. The van der Waals surface area contributed by atoms with Crippen LogP contribution >= 0.6 is 0 Å². The first kappa shape index (κ1) is 10.6. The van der Waals surface area contributed by atoms with Crippen LogP contribution < -0.4 is 0 Å². The SMILES string of the molecule is [N-]=[N+]=Nc1ccc(CN2C[C@@H]3C[C@H]2CO3)cc1. The van der Waals surface area contributed by atoms with Crippen molar-refractivity contribution in [3.8, 4) is 0 Å². The molecule has 2 bridgehead atoms. The third kappa shape index (κ3) is 2.13. The number of hydrogen-bond acceptors (Lipinski definition) is 3. The van der Waals surface area contributed by atoms with Gasteiger partial charge in [0.05, 0.1) is 12.7 Å². The van der Waals surface area contributed by atoms with Gasteiger partial charge >= 0.3 is 0 Å². The summed E-state index contributed by atoms with van der Waals surface area (Å²) in [7, 11) is 0. The molecule has 17 heavy (non-hydrogen) atoms. The van der Waals surface area contributed by atoms with Crippen molar-refractivity contribution in [2.75, 3.05) is 13.2 Å². The fraction of sp³-hybridized carbons (Fsp3) is 0.500. The molecule has 2 heterocycles. The predicted molar refractivity (Wildman–Crippen MR) is 63.8 cm³/mol. The predicted octanol–water partition coefficient (Wildman–Crippen LogP) is 2.60. The van der Waals surface area contributed by atoms with Gasteiger partial charge in [-0.1, -0.05) is 29.4 Å². The van der Waals surface area contributed by atoms with E-state index in [4.69, 9.17) is 10.3 Å². The molecule has 0 N–H and O–H groups in total. The van der Waals surface area contributed by atoms with Gasteiger partial charge in [0.25, 0.3) is 0 Å². The summed E-state index contributed by atoms with van der Waals surface area (Å²) in [5, 5.41) is 3.56. The first-order chi connectivity index (χ1) is 8.35. The Kier molecular flexibility index (Phi) is 2.73. The lowest BCUT2D eigenvalue weighted by molar-refractivity contribution is 0.0273. The van der Waals surface area contributed by atoms with Gasteiger partial charge in [-0.15, -0.1) is 0 Å². The van der Waals surface area contributed by atoms with Crippen molar-refractivity contribution in [2.45, 2.75) is 25.1 Å². The molecule has 2 saturated heterocycles. The van der Waals surface area contributed by atoms with Crippen molar-refractivity contribution in [3.05, 3.63) is 40.3 Å². The average molecular weight is 230 g/mol. The lowest BCUT2D eigenvalue weighted by Crippen LogP contribution is -2.36. The van der Waals surface area contributed by atoms with E-state index in [0.29, 0.717) is 17.8 Å².